The summed E-state index contributed by atoms with van der Waals surface area (Å²) in [6, 6.07) is 10.0. The smallest absolute Gasteiger partial charge is 0.146 e. The van der Waals surface area contributed by atoms with Gasteiger partial charge in [-0.15, -0.1) is 0 Å². The maximum absolute atomic E-state index is 13.6. The third-order valence-electron chi connectivity index (χ3n) is 2.56. The number of anilines is 2. The van der Waals surface area contributed by atoms with Crippen LogP contribution in [0.5, 0.6) is 0 Å². The average Bonchev–Trinajstić information content (AvgIpc) is 2.38. The molecule has 0 saturated carbocycles. The number of nitrogens with zero attached hydrogens (tertiary/aromatic N) is 2. The molecule has 0 spiro atoms. The first kappa shape index (κ1) is 11.5. The van der Waals surface area contributed by atoms with Crippen molar-refractivity contribution in [1.29, 1.82) is 0 Å². The SMILES string of the molecule is CN(c1ccnc(CO)c1)c1ccccc1F. The Hall–Kier alpha value is -1.94. The van der Waals surface area contributed by atoms with Gasteiger partial charge in [0.05, 0.1) is 18.0 Å². The summed E-state index contributed by atoms with van der Waals surface area (Å²) in [4.78, 5) is 5.70. The largest absolute Gasteiger partial charge is 0.390 e. The number of hydrogen-bond acceptors (Lipinski definition) is 3. The number of rotatable bonds is 3. The Morgan fingerprint density at radius 3 is 2.76 bits per heavy atom. The lowest BCUT2D eigenvalue weighted by Gasteiger charge is -2.20. The van der Waals surface area contributed by atoms with Crippen LogP contribution in [0, 0.1) is 5.82 Å². The summed E-state index contributed by atoms with van der Waals surface area (Å²) in [7, 11) is 1.77. The molecule has 1 aromatic carbocycles. The number of aliphatic hydroxyl groups is 1. The molecule has 0 radical (unpaired) electrons. The Balaban J connectivity index is 2.37. The third kappa shape index (κ3) is 2.42. The second kappa shape index (κ2) is 4.93. The van der Waals surface area contributed by atoms with Gasteiger partial charge in [0.25, 0.3) is 0 Å². The normalized spacial score (nSPS) is 10.3. The van der Waals surface area contributed by atoms with Gasteiger partial charge in [0.2, 0.25) is 0 Å². The minimum absolute atomic E-state index is 0.126. The first-order valence-corrected chi connectivity index (χ1v) is 5.26. The van der Waals surface area contributed by atoms with E-state index in [2.05, 4.69) is 4.98 Å². The van der Waals surface area contributed by atoms with Crippen LogP contribution < -0.4 is 4.90 Å². The highest BCUT2D eigenvalue weighted by Crippen LogP contribution is 2.25. The molecule has 1 heterocycles. The zero-order chi connectivity index (χ0) is 12.3. The van der Waals surface area contributed by atoms with Gasteiger partial charge in [-0.1, -0.05) is 12.1 Å². The van der Waals surface area contributed by atoms with Crippen molar-refractivity contribution in [2.75, 3.05) is 11.9 Å². The van der Waals surface area contributed by atoms with Gasteiger partial charge < -0.3 is 10.0 Å². The van der Waals surface area contributed by atoms with E-state index in [1.165, 1.54) is 6.07 Å². The van der Waals surface area contributed by atoms with Gasteiger partial charge >= 0.3 is 0 Å². The number of para-hydroxylation sites is 1. The molecule has 0 unspecified atom stereocenters. The fourth-order valence-electron chi connectivity index (χ4n) is 1.62. The Bertz CT molecular complexity index is 516. The zero-order valence-electron chi connectivity index (χ0n) is 9.47. The minimum Gasteiger partial charge on any atom is -0.390 e. The van der Waals surface area contributed by atoms with Crippen LogP contribution >= 0.6 is 0 Å². The molecule has 0 aliphatic carbocycles. The molecule has 1 aromatic heterocycles. The molecule has 4 heteroatoms. The van der Waals surface area contributed by atoms with E-state index in [4.69, 9.17) is 5.11 Å². The molecule has 0 fully saturated rings. The summed E-state index contributed by atoms with van der Waals surface area (Å²) in [5, 5.41) is 9.01. The molecule has 0 aliphatic heterocycles. The van der Waals surface area contributed by atoms with Crippen molar-refractivity contribution >= 4 is 11.4 Å². The van der Waals surface area contributed by atoms with Gasteiger partial charge in [0, 0.05) is 18.9 Å². The van der Waals surface area contributed by atoms with Gasteiger partial charge in [0.1, 0.15) is 5.82 Å². The Kier molecular flexibility index (Phi) is 3.35. The molecule has 0 aliphatic rings. The lowest BCUT2D eigenvalue weighted by atomic mass is 10.2. The minimum atomic E-state index is -0.280. The number of aromatic nitrogens is 1. The Morgan fingerprint density at radius 1 is 1.29 bits per heavy atom. The molecule has 0 atom stereocenters. The molecule has 2 aromatic rings. The number of pyridine rings is 1. The highest BCUT2D eigenvalue weighted by atomic mass is 19.1. The van der Waals surface area contributed by atoms with Crippen molar-refractivity contribution in [3.63, 3.8) is 0 Å². The second-order valence-electron chi connectivity index (χ2n) is 3.67. The fraction of sp³-hybridized carbons (Fsp3) is 0.154. The quantitative estimate of drug-likeness (QED) is 0.883. The standard InChI is InChI=1S/C13H13FN2O/c1-16(13-5-3-2-4-12(13)14)11-6-7-15-10(8-11)9-17/h2-8,17H,9H2,1H3. The molecule has 3 nitrogen and oxygen atoms in total. The van der Waals surface area contributed by atoms with Crippen LogP contribution in [0.15, 0.2) is 42.6 Å². The van der Waals surface area contributed by atoms with Crippen LogP contribution in [0.3, 0.4) is 0 Å². The number of hydrogen-bond donors (Lipinski definition) is 1. The Labute approximate surface area is 99.2 Å². The van der Waals surface area contributed by atoms with Crippen molar-refractivity contribution in [3.8, 4) is 0 Å². The van der Waals surface area contributed by atoms with Crippen LogP contribution in [-0.4, -0.2) is 17.1 Å². The van der Waals surface area contributed by atoms with E-state index in [-0.39, 0.29) is 12.4 Å². The first-order valence-electron chi connectivity index (χ1n) is 5.26. The molecule has 0 amide bonds. The van der Waals surface area contributed by atoms with Gasteiger partial charge in [0.15, 0.2) is 0 Å². The molecule has 1 N–H and O–H groups in total. The molecule has 17 heavy (non-hydrogen) atoms. The summed E-state index contributed by atoms with van der Waals surface area (Å²) < 4.78 is 13.6. The van der Waals surface area contributed by atoms with E-state index >= 15 is 0 Å². The van der Waals surface area contributed by atoms with E-state index in [1.54, 1.807) is 48.5 Å². The summed E-state index contributed by atoms with van der Waals surface area (Å²) in [6.45, 7) is -0.126. The van der Waals surface area contributed by atoms with Crippen molar-refractivity contribution in [3.05, 3.63) is 54.1 Å². The summed E-state index contributed by atoms with van der Waals surface area (Å²) in [5.41, 5.74) is 1.84. The third-order valence-corrected chi connectivity index (χ3v) is 2.56. The first-order chi connectivity index (χ1) is 8.22. The Morgan fingerprint density at radius 2 is 2.06 bits per heavy atom. The molecular formula is C13H13FN2O. The fourth-order valence-corrected chi connectivity index (χ4v) is 1.62. The summed E-state index contributed by atoms with van der Waals surface area (Å²) >= 11 is 0. The van der Waals surface area contributed by atoms with Crippen LogP contribution in [0.4, 0.5) is 15.8 Å². The maximum atomic E-state index is 13.6. The molecule has 0 saturated heterocycles. The van der Waals surface area contributed by atoms with Crippen molar-refractivity contribution in [2.45, 2.75) is 6.61 Å². The maximum Gasteiger partial charge on any atom is 0.146 e. The topological polar surface area (TPSA) is 36.4 Å². The monoisotopic (exact) mass is 232 g/mol. The summed E-state index contributed by atoms with van der Waals surface area (Å²) in [5.74, 6) is -0.280. The van der Waals surface area contributed by atoms with Crippen molar-refractivity contribution in [1.82, 2.24) is 4.98 Å². The van der Waals surface area contributed by atoms with Gasteiger partial charge in [-0.25, -0.2) is 4.39 Å². The predicted octanol–water partition coefficient (Wildman–Crippen LogP) is 2.48. The van der Waals surface area contributed by atoms with Crippen LogP contribution in [0.1, 0.15) is 5.69 Å². The lowest BCUT2D eigenvalue weighted by molar-refractivity contribution is 0.277. The predicted molar refractivity (Wildman–Crippen MR) is 64.6 cm³/mol. The molecular weight excluding hydrogens is 219 g/mol. The lowest BCUT2D eigenvalue weighted by Crippen LogP contribution is -2.11. The molecule has 2 rings (SSSR count). The van der Waals surface area contributed by atoms with Gasteiger partial charge in [-0.2, -0.15) is 0 Å². The van der Waals surface area contributed by atoms with Crippen LogP contribution in [0.25, 0.3) is 0 Å². The second-order valence-corrected chi connectivity index (χ2v) is 3.67. The van der Waals surface area contributed by atoms with E-state index in [9.17, 15) is 4.39 Å². The zero-order valence-corrected chi connectivity index (χ0v) is 9.47. The molecule has 0 bridgehead atoms. The van der Waals surface area contributed by atoms with E-state index in [0.29, 0.717) is 11.4 Å². The highest BCUT2D eigenvalue weighted by molar-refractivity contribution is 5.62. The van der Waals surface area contributed by atoms with E-state index < -0.39 is 0 Å². The van der Waals surface area contributed by atoms with E-state index in [1.807, 2.05) is 0 Å². The van der Waals surface area contributed by atoms with E-state index in [0.717, 1.165) is 5.69 Å². The summed E-state index contributed by atoms with van der Waals surface area (Å²) in [6.07, 6.45) is 1.60. The number of halogens is 1. The van der Waals surface area contributed by atoms with Crippen LogP contribution in [-0.2, 0) is 6.61 Å². The number of benzene rings is 1. The van der Waals surface area contributed by atoms with Gasteiger partial charge in [-0.05, 0) is 24.3 Å². The van der Waals surface area contributed by atoms with Crippen molar-refractivity contribution < 1.29 is 9.50 Å². The van der Waals surface area contributed by atoms with Crippen LogP contribution in [0.2, 0.25) is 0 Å². The molecule has 88 valence electrons. The van der Waals surface area contributed by atoms with Gasteiger partial charge in [-0.3, -0.25) is 4.98 Å². The average molecular weight is 232 g/mol. The number of aliphatic hydroxyl groups excluding tert-OH is 1. The van der Waals surface area contributed by atoms with Crippen molar-refractivity contribution in [2.24, 2.45) is 0 Å². The highest BCUT2D eigenvalue weighted by Gasteiger charge is 2.09.